The molecule has 5 heteroatoms. The molecule has 0 saturated carbocycles. The Labute approximate surface area is 161 Å². The molecule has 0 heterocycles. The zero-order chi connectivity index (χ0) is 20.1. The summed E-state index contributed by atoms with van der Waals surface area (Å²) in [5.41, 5.74) is 0.103. The highest BCUT2D eigenvalue weighted by molar-refractivity contribution is 6.39. The Kier molecular flexibility index (Phi) is 6.26. The SMILES string of the molecule is CC(C)(C)CC(C)(C)NC(=O)C(=O)Nc1ccc(Oc2ccccc2)cc1. The van der Waals surface area contributed by atoms with E-state index in [-0.39, 0.29) is 5.41 Å². The average molecular weight is 368 g/mol. The van der Waals surface area contributed by atoms with Gasteiger partial charge >= 0.3 is 11.8 Å². The Morgan fingerprint density at radius 3 is 1.93 bits per heavy atom. The third-order valence-corrected chi connectivity index (χ3v) is 3.72. The molecule has 0 aliphatic heterocycles. The van der Waals surface area contributed by atoms with Crippen LogP contribution in [0, 0.1) is 5.41 Å². The molecular formula is C22H28N2O3. The van der Waals surface area contributed by atoms with Gasteiger partial charge in [0.15, 0.2) is 0 Å². The summed E-state index contributed by atoms with van der Waals surface area (Å²) in [4.78, 5) is 24.4. The summed E-state index contributed by atoms with van der Waals surface area (Å²) in [5, 5.41) is 5.41. The highest BCUT2D eigenvalue weighted by atomic mass is 16.5. The van der Waals surface area contributed by atoms with E-state index < -0.39 is 17.4 Å². The van der Waals surface area contributed by atoms with E-state index in [1.54, 1.807) is 24.3 Å². The minimum atomic E-state index is -0.686. The van der Waals surface area contributed by atoms with Crippen LogP contribution in [0.25, 0.3) is 0 Å². The number of para-hydroxylation sites is 1. The fraction of sp³-hybridized carbons (Fsp3) is 0.364. The Balaban J connectivity index is 1.92. The zero-order valence-electron chi connectivity index (χ0n) is 16.6. The number of benzene rings is 2. The predicted octanol–water partition coefficient (Wildman–Crippen LogP) is 4.75. The van der Waals surface area contributed by atoms with Crippen molar-refractivity contribution in [3.8, 4) is 11.5 Å². The third kappa shape index (κ3) is 7.13. The lowest BCUT2D eigenvalue weighted by atomic mass is 9.82. The molecule has 2 amide bonds. The van der Waals surface area contributed by atoms with Gasteiger partial charge in [-0.1, -0.05) is 39.0 Å². The standard InChI is InChI=1S/C22H28N2O3/c1-21(2,3)15-22(4,5)24-20(26)19(25)23-16-11-13-18(14-12-16)27-17-9-7-6-8-10-17/h6-14H,15H2,1-5H3,(H,23,25)(H,24,26). The number of rotatable bonds is 5. The van der Waals surface area contributed by atoms with Crippen molar-refractivity contribution < 1.29 is 14.3 Å². The summed E-state index contributed by atoms with van der Waals surface area (Å²) in [6.45, 7) is 10.1. The molecule has 0 aliphatic rings. The Morgan fingerprint density at radius 2 is 1.37 bits per heavy atom. The van der Waals surface area contributed by atoms with E-state index in [1.165, 1.54) is 0 Å². The summed E-state index contributed by atoms with van der Waals surface area (Å²) >= 11 is 0. The molecule has 0 unspecified atom stereocenters. The van der Waals surface area contributed by atoms with Gasteiger partial charge in [0, 0.05) is 11.2 Å². The average Bonchev–Trinajstić information content (AvgIpc) is 2.55. The topological polar surface area (TPSA) is 67.4 Å². The number of carbonyl (C=O) groups excluding carboxylic acids is 2. The van der Waals surface area contributed by atoms with Gasteiger partial charge in [0.05, 0.1) is 0 Å². The molecule has 0 fully saturated rings. The maximum absolute atomic E-state index is 12.2. The molecule has 2 rings (SSSR count). The van der Waals surface area contributed by atoms with Gasteiger partial charge in [-0.2, -0.15) is 0 Å². The smallest absolute Gasteiger partial charge is 0.313 e. The number of hydrogen-bond donors (Lipinski definition) is 2. The van der Waals surface area contributed by atoms with E-state index in [4.69, 9.17) is 4.74 Å². The van der Waals surface area contributed by atoms with E-state index in [1.807, 2.05) is 44.2 Å². The summed E-state index contributed by atoms with van der Waals surface area (Å²) in [7, 11) is 0. The van der Waals surface area contributed by atoms with E-state index in [0.29, 0.717) is 11.4 Å². The van der Waals surface area contributed by atoms with Crippen LogP contribution in [0.15, 0.2) is 54.6 Å². The third-order valence-electron chi connectivity index (χ3n) is 3.72. The number of ether oxygens (including phenoxy) is 1. The maximum atomic E-state index is 12.2. The maximum Gasteiger partial charge on any atom is 0.313 e. The number of hydrogen-bond acceptors (Lipinski definition) is 3. The molecule has 2 aromatic carbocycles. The van der Waals surface area contributed by atoms with Crippen LogP contribution >= 0.6 is 0 Å². The number of amides is 2. The van der Waals surface area contributed by atoms with Crippen molar-refractivity contribution in [1.29, 1.82) is 0 Å². The molecule has 0 radical (unpaired) electrons. The largest absolute Gasteiger partial charge is 0.457 e. The van der Waals surface area contributed by atoms with E-state index in [0.717, 1.165) is 12.2 Å². The van der Waals surface area contributed by atoms with E-state index in [2.05, 4.69) is 31.4 Å². The lowest BCUT2D eigenvalue weighted by molar-refractivity contribution is -0.137. The fourth-order valence-corrected chi connectivity index (χ4v) is 3.15. The molecule has 27 heavy (non-hydrogen) atoms. The molecular weight excluding hydrogens is 340 g/mol. The van der Waals surface area contributed by atoms with Crippen molar-refractivity contribution in [2.24, 2.45) is 5.41 Å². The summed E-state index contributed by atoms with van der Waals surface area (Å²) in [6.07, 6.45) is 0.755. The van der Waals surface area contributed by atoms with Crippen LogP contribution in [0.5, 0.6) is 11.5 Å². The monoisotopic (exact) mass is 368 g/mol. The molecule has 2 N–H and O–H groups in total. The molecule has 0 aromatic heterocycles. The first-order valence-electron chi connectivity index (χ1n) is 9.01. The first kappa shape index (κ1) is 20.5. The second-order valence-corrected chi connectivity index (χ2v) is 8.47. The lowest BCUT2D eigenvalue weighted by Gasteiger charge is -2.33. The Hall–Kier alpha value is -2.82. The molecule has 0 aliphatic carbocycles. The molecule has 0 bridgehead atoms. The summed E-state index contributed by atoms with van der Waals surface area (Å²) < 4.78 is 5.71. The minimum Gasteiger partial charge on any atom is -0.457 e. The molecule has 0 spiro atoms. The molecule has 144 valence electrons. The second-order valence-electron chi connectivity index (χ2n) is 8.47. The Morgan fingerprint density at radius 1 is 0.815 bits per heavy atom. The van der Waals surface area contributed by atoms with Crippen LogP contribution < -0.4 is 15.4 Å². The predicted molar refractivity (Wildman–Crippen MR) is 108 cm³/mol. The van der Waals surface area contributed by atoms with Gasteiger partial charge in [0.25, 0.3) is 0 Å². The normalized spacial score (nSPS) is 11.6. The van der Waals surface area contributed by atoms with Crippen LogP contribution in [0.1, 0.15) is 41.0 Å². The Bertz CT molecular complexity index is 775. The van der Waals surface area contributed by atoms with E-state index >= 15 is 0 Å². The lowest BCUT2D eigenvalue weighted by Crippen LogP contribution is -2.49. The first-order chi connectivity index (χ1) is 12.5. The van der Waals surface area contributed by atoms with Gasteiger partial charge in [-0.05, 0) is 62.1 Å². The molecule has 0 atom stereocenters. The van der Waals surface area contributed by atoms with Gasteiger partial charge in [-0.25, -0.2) is 0 Å². The van der Waals surface area contributed by atoms with Gasteiger partial charge in [0.2, 0.25) is 0 Å². The van der Waals surface area contributed by atoms with Gasteiger partial charge < -0.3 is 15.4 Å². The number of nitrogens with one attached hydrogen (secondary N) is 2. The van der Waals surface area contributed by atoms with Crippen molar-refractivity contribution in [3.63, 3.8) is 0 Å². The van der Waals surface area contributed by atoms with Crippen LogP contribution in [0.2, 0.25) is 0 Å². The zero-order valence-corrected chi connectivity index (χ0v) is 16.6. The highest BCUT2D eigenvalue weighted by Gasteiger charge is 2.29. The van der Waals surface area contributed by atoms with Crippen molar-refractivity contribution in [2.75, 3.05) is 5.32 Å². The van der Waals surface area contributed by atoms with Crippen LogP contribution in [-0.4, -0.2) is 17.4 Å². The van der Waals surface area contributed by atoms with Crippen LogP contribution in [0.4, 0.5) is 5.69 Å². The number of carbonyl (C=O) groups is 2. The van der Waals surface area contributed by atoms with Crippen molar-refractivity contribution in [2.45, 2.75) is 46.6 Å². The summed E-state index contributed by atoms with van der Waals surface area (Å²) in [5.74, 6) is 0.0484. The minimum absolute atomic E-state index is 0.0435. The van der Waals surface area contributed by atoms with Crippen LogP contribution in [0.3, 0.4) is 0 Å². The van der Waals surface area contributed by atoms with Crippen molar-refractivity contribution in [1.82, 2.24) is 5.32 Å². The first-order valence-corrected chi connectivity index (χ1v) is 9.01. The highest BCUT2D eigenvalue weighted by Crippen LogP contribution is 2.27. The quantitative estimate of drug-likeness (QED) is 0.749. The second kappa shape index (κ2) is 8.25. The van der Waals surface area contributed by atoms with Gasteiger partial charge in [-0.3, -0.25) is 9.59 Å². The van der Waals surface area contributed by atoms with E-state index in [9.17, 15) is 9.59 Å². The van der Waals surface area contributed by atoms with Crippen LogP contribution in [-0.2, 0) is 9.59 Å². The van der Waals surface area contributed by atoms with Gasteiger partial charge in [0.1, 0.15) is 11.5 Å². The van der Waals surface area contributed by atoms with Crippen molar-refractivity contribution >= 4 is 17.5 Å². The van der Waals surface area contributed by atoms with Gasteiger partial charge in [-0.15, -0.1) is 0 Å². The molecule has 2 aromatic rings. The molecule has 5 nitrogen and oxygen atoms in total. The molecule has 0 saturated heterocycles. The number of anilines is 1. The summed E-state index contributed by atoms with van der Waals surface area (Å²) in [6, 6.07) is 16.3. The van der Waals surface area contributed by atoms with Crippen molar-refractivity contribution in [3.05, 3.63) is 54.6 Å². The fourth-order valence-electron chi connectivity index (χ4n) is 3.15.